The number of aromatic nitrogens is 2. The van der Waals surface area contributed by atoms with E-state index in [2.05, 4.69) is 10.2 Å². The van der Waals surface area contributed by atoms with E-state index in [4.69, 9.17) is 5.11 Å². The number of carbonyl (C=O) groups is 1. The summed E-state index contributed by atoms with van der Waals surface area (Å²) in [6.07, 6.45) is -4.76. The fraction of sp³-hybridized carbons (Fsp3) is 0.600. The maximum Gasteiger partial charge on any atom is 0.402 e. The summed E-state index contributed by atoms with van der Waals surface area (Å²) >= 11 is 0. The van der Waals surface area contributed by atoms with Crippen molar-refractivity contribution in [2.45, 2.75) is 38.0 Å². The zero-order valence-corrected chi connectivity index (χ0v) is 12.2. The van der Waals surface area contributed by atoms with E-state index in [1.54, 1.807) is 0 Å². The van der Waals surface area contributed by atoms with Crippen LogP contribution in [0.5, 0.6) is 0 Å². The van der Waals surface area contributed by atoms with Gasteiger partial charge in [-0.3, -0.25) is 5.10 Å². The summed E-state index contributed by atoms with van der Waals surface area (Å²) in [5.74, 6) is -1.59. The van der Waals surface area contributed by atoms with E-state index in [1.807, 2.05) is 0 Å². The monoisotopic (exact) mass is 329 g/mol. The highest BCUT2D eigenvalue weighted by atomic mass is 32.2. The molecule has 0 saturated heterocycles. The zero-order chi connectivity index (χ0) is 16.6. The summed E-state index contributed by atoms with van der Waals surface area (Å²) in [7, 11) is -4.70. The molecule has 0 aliphatic carbocycles. The first kappa shape index (κ1) is 17.4. The Morgan fingerprint density at radius 1 is 1.43 bits per heavy atom. The number of nitrogens with one attached hydrogen (secondary N) is 1. The number of aromatic carboxylic acids is 1. The van der Waals surface area contributed by atoms with Crippen LogP contribution in [0.15, 0.2) is 5.03 Å². The smallest absolute Gasteiger partial charge is 0.402 e. The molecule has 11 heteroatoms. The third kappa shape index (κ3) is 3.73. The fourth-order valence-corrected chi connectivity index (χ4v) is 3.43. The molecule has 0 atom stereocenters. The van der Waals surface area contributed by atoms with Crippen LogP contribution in [-0.4, -0.2) is 52.8 Å². The molecule has 0 aliphatic heterocycles. The average Bonchev–Trinajstić information content (AvgIpc) is 2.67. The van der Waals surface area contributed by atoms with Crippen molar-refractivity contribution in [1.82, 2.24) is 14.5 Å². The molecule has 1 heterocycles. The van der Waals surface area contributed by atoms with Crippen LogP contribution in [0.25, 0.3) is 0 Å². The molecule has 0 fully saturated rings. The molecule has 0 bridgehead atoms. The average molecular weight is 329 g/mol. The Labute approximate surface area is 118 Å². The van der Waals surface area contributed by atoms with Crippen LogP contribution >= 0.6 is 0 Å². The minimum atomic E-state index is -4.76. The van der Waals surface area contributed by atoms with Crippen molar-refractivity contribution in [3.63, 3.8) is 0 Å². The van der Waals surface area contributed by atoms with Gasteiger partial charge in [0.2, 0.25) is 5.03 Å². The Balaban J connectivity index is 3.41. The second kappa shape index (κ2) is 5.64. The number of sulfonamides is 1. The van der Waals surface area contributed by atoms with Crippen molar-refractivity contribution in [3.05, 3.63) is 11.3 Å². The van der Waals surface area contributed by atoms with Crippen LogP contribution in [0.2, 0.25) is 0 Å². The normalized spacial score (nSPS) is 13.1. The standard InChI is InChI=1S/C10H14F3N3O4S/c1-5(2)16(4-10(11,12)13)21(19,20)8-7(9(17)18)6(3)14-15-8/h5H,4H2,1-3H3,(H,14,15)(H,17,18). The SMILES string of the molecule is Cc1[nH]nc(S(=O)(=O)N(CC(F)(F)F)C(C)C)c1C(=O)O. The molecule has 0 amide bonds. The van der Waals surface area contributed by atoms with Gasteiger partial charge in [0, 0.05) is 11.7 Å². The topological polar surface area (TPSA) is 103 Å². The van der Waals surface area contributed by atoms with Gasteiger partial charge in [0.25, 0.3) is 10.0 Å². The number of rotatable bonds is 5. The molecule has 0 spiro atoms. The number of carboxylic acid groups (broad SMARTS) is 1. The van der Waals surface area contributed by atoms with Gasteiger partial charge in [0.05, 0.1) is 0 Å². The number of carboxylic acids is 1. The van der Waals surface area contributed by atoms with E-state index >= 15 is 0 Å². The Kier molecular flexibility index (Phi) is 4.68. The van der Waals surface area contributed by atoms with Crippen LogP contribution in [0, 0.1) is 6.92 Å². The zero-order valence-electron chi connectivity index (χ0n) is 11.4. The molecule has 0 aromatic carbocycles. The van der Waals surface area contributed by atoms with Gasteiger partial charge in [0.1, 0.15) is 12.1 Å². The summed E-state index contributed by atoms with van der Waals surface area (Å²) in [6, 6.07) is -1.02. The fourth-order valence-electron chi connectivity index (χ4n) is 1.68. The lowest BCUT2D eigenvalue weighted by Gasteiger charge is -2.26. The highest BCUT2D eigenvalue weighted by Crippen LogP contribution is 2.26. The lowest BCUT2D eigenvalue weighted by Crippen LogP contribution is -2.43. The molecule has 120 valence electrons. The van der Waals surface area contributed by atoms with Gasteiger partial charge in [-0.1, -0.05) is 0 Å². The number of aryl methyl sites for hydroxylation is 1. The maximum absolute atomic E-state index is 12.5. The minimum Gasteiger partial charge on any atom is -0.478 e. The Hall–Kier alpha value is -1.62. The van der Waals surface area contributed by atoms with Gasteiger partial charge in [-0.25, -0.2) is 13.2 Å². The van der Waals surface area contributed by atoms with E-state index in [0.29, 0.717) is 0 Å². The first-order valence-electron chi connectivity index (χ1n) is 5.74. The minimum absolute atomic E-state index is 0.0585. The largest absolute Gasteiger partial charge is 0.478 e. The molecular formula is C10H14F3N3O4S. The second-order valence-corrected chi connectivity index (χ2v) is 6.40. The Morgan fingerprint density at radius 3 is 2.33 bits per heavy atom. The van der Waals surface area contributed by atoms with Crippen molar-refractivity contribution in [2.24, 2.45) is 0 Å². The summed E-state index contributed by atoms with van der Waals surface area (Å²) in [6.45, 7) is 2.05. The van der Waals surface area contributed by atoms with Crippen molar-refractivity contribution in [2.75, 3.05) is 6.54 Å². The van der Waals surface area contributed by atoms with Crippen molar-refractivity contribution < 1.29 is 31.5 Å². The molecule has 0 unspecified atom stereocenters. The molecule has 1 aromatic heterocycles. The summed E-state index contributed by atoms with van der Waals surface area (Å²) in [5.41, 5.74) is -0.723. The molecule has 2 N–H and O–H groups in total. The van der Waals surface area contributed by atoms with Crippen LogP contribution in [0.3, 0.4) is 0 Å². The highest BCUT2D eigenvalue weighted by Gasteiger charge is 2.41. The van der Waals surface area contributed by atoms with Gasteiger partial charge in [-0.15, -0.1) is 0 Å². The number of nitrogens with zero attached hydrogens (tertiary/aromatic N) is 2. The van der Waals surface area contributed by atoms with E-state index in [-0.39, 0.29) is 10.00 Å². The lowest BCUT2D eigenvalue weighted by atomic mass is 10.3. The van der Waals surface area contributed by atoms with E-state index in [1.165, 1.54) is 20.8 Å². The molecule has 0 radical (unpaired) electrons. The second-order valence-electron chi connectivity index (χ2n) is 4.59. The van der Waals surface area contributed by atoms with E-state index in [9.17, 15) is 26.4 Å². The number of aromatic amines is 1. The summed E-state index contributed by atoms with van der Waals surface area (Å²) < 4.78 is 62.3. The van der Waals surface area contributed by atoms with Crippen LogP contribution < -0.4 is 0 Å². The van der Waals surface area contributed by atoms with Gasteiger partial charge in [0.15, 0.2) is 0 Å². The third-order valence-corrected chi connectivity index (χ3v) is 4.54. The highest BCUT2D eigenvalue weighted by molar-refractivity contribution is 7.89. The third-order valence-electron chi connectivity index (χ3n) is 2.59. The summed E-state index contributed by atoms with van der Waals surface area (Å²) in [4.78, 5) is 11.1. The van der Waals surface area contributed by atoms with Crippen molar-refractivity contribution in [1.29, 1.82) is 0 Å². The lowest BCUT2D eigenvalue weighted by molar-refractivity contribution is -0.138. The van der Waals surface area contributed by atoms with Crippen molar-refractivity contribution in [3.8, 4) is 0 Å². The molecule has 7 nitrogen and oxygen atoms in total. The number of hydrogen-bond acceptors (Lipinski definition) is 4. The number of halogens is 3. The first-order valence-corrected chi connectivity index (χ1v) is 7.18. The first-order chi connectivity index (χ1) is 9.38. The molecule has 0 aliphatic rings. The van der Waals surface area contributed by atoms with Crippen molar-refractivity contribution >= 4 is 16.0 Å². The summed E-state index contributed by atoms with van der Waals surface area (Å²) in [5, 5.41) is 13.6. The molecule has 1 rings (SSSR count). The van der Waals surface area contributed by atoms with E-state index < -0.39 is 45.3 Å². The van der Waals surface area contributed by atoms with Gasteiger partial charge in [-0.2, -0.15) is 22.6 Å². The van der Waals surface area contributed by atoms with Crippen LogP contribution in [-0.2, 0) is 10.0 Å². The molecule has 1 aromatic rings. The van der Waals surface area contributed by atoms with Crippen LogP contribution in [0.1, 0.15) is 29.9 Å². The Bertz CT molecular complexity index is 636. The predicted molar refractivity (Wildman–Crippen MR) is 65.4 cm³/mol. The van der Waals surface area contributed by atoms with E-state index in [0.717, 1.165) is 0 Å². The van der Waals surface area contributed by atoms with Crippen LogP contribution in [0.4, 0.5) is 13.2 Å². The van der Waals surface area contributed by atoms with Gasteiger partial charge in [-0.05, 0) is 20.8 Å². The Morgan fingerprint density at radius 2 is 1.95 bits per heavy atom. The predicted octanol–water partition coefficient (Wildman–Crippen LogP) is 1.38. The number of alkyl halides is 3. The number of H-pyrrole nitrogens is 1. The maximum atomic E-state index is 12.5. The number of hydrogen-bond donors (Lipinski definition) is 2. The molecule has 0 saturated carbocycles. The van der Waals surface area contributed by atoms with Gasteiger partial charge < -0.3 is 5.11 Å². The quantitative estimate of drug-likeness (QED) is 0.849. The molecular weight excluding hydrogens is 315 g/mol. The van der Waals surface area contributed by atoms with Gasteiger partial charge >= 0.3 is 12.1 Å². The molecule has 21 heavy (non-hydrogen) atoms.